The van der Waals surface area contributed by atoms with Crippen molar-refractivity contribution in [1.82, 2.24) is 19.7 Å². The number of nitrogens with zero attached hydrogens (tertiary/aromatic N) is 5. The van der Waals surface area contributed by atoms with Crippen molar-refractivity contribution in [2.24, 2.45) is 7.05 Å². The monoisotopic (exact) mass is 341 g/mol. The molecule has 2 fully saturated rings. The van der Waals surface area contributed by atoms with E-state index in [9.17, 15) is 0 Å². The molecule has 0 unspecified atom stereocenters. The predicted molar refractivity (Wildman–Crippen MR) is 97.5 cm³/mol. The van der Waals surface area contributed by atoms with Gasteiger partial charge in [-0.25, -0.2) is 4.98 Å². The number of morpholine rings is 1. The molecule has 2 aliphatic rings. The fourth-order valence-electron chi connectivity index (χ4n) is 3.86. The van der Waals surface area contributed by atoms with Crippen LogP contribution < -0.4 is 4.90 Å². The van der Waals surface area contributed by atoms with E-state index in [1.54, 1.807) is 0 Å². The van der Waals surface area contributed by atoms with Crippen molar-refractivity contribution in [3.05, 3.63) is 41.9 Å². The zero-order chi connectivity index (χ0) is 17.3. The third kappa shape index (κ3) is 3.55. The Morgan fingerprint density at radius 1 is 1.16 bits per heavy atom. The normalized spacial score (nSPS) is 24.8. The minimum atomic E-state index is -0.296. The molecule has 0 aliphatic carbocycles. The first-order valence-corrected chi connectivity index (χ1v) is 9.18. The van der Waals surface area contributed by atoms with E-state index in [2.05, 4.69) is 45.1 Å². The second-order valence-corrected chi connectivity index (χ2v) is 7.41. The minimum absolute atomic E-state index is 0.296. The topological polar surface area (TPSA) is 46.4 Å². The van der Waals surface area contributed by atoms with E-state index in [4.69, 9.17) is 4.74 Å². The fraction of sp³-hybridized carbons (Fsp3) is 0.579. The van der Waals surface area contributed by atoms with Gasteiger partial charge in [0.25, 0.3) is 0 Å². The van der Waals surface area contributed by atoms with Crippen LogP contribution in [0.5, 0.6) is 0 Å². The van der Waals surface area contributed by atoms with Crippen molar-refractivity contribution in [1.29, 1.82) is 0 Å². The number of ether oxygens (including phenoxy) is 1. The standard InChI is InChI=1S/C19H27N5O/c1-19(17-12-21-22(2)14-17)15-23(9-10-25-19)13-16-5-6-18(20-11-16)24-7-3-4-8-24/h5-6,11-12,14H,3-4,7-10,13,15H2,1-2H3/t19-/m0/s1. The Labute approximate surface area is 149 Å². The smallest absolute Gasteiger partial charge is 0.128 e. The average Bonchev–Trinajstić information content (AvgIpc) is 3.28. The second kappa shape index (κ2) is 6.77. The number of pyridine rings is 1. The van der Waals surface area contributed by atoms with Gasteiger partial charge in [-0.2, -0.15) is 5.10 Å². The van der Waals surface area contributed by atoms with Gasteiger partial charge in [0.15, 0.2) is 0 Å². The zero-order valence-electron chi connectivity index (χ0n) is 15.2. The van der Waals surface area contributed by atoms with E-state index in [-0.39, 0.29) is 5.60 Å². The molecule has 6 nitrogen and oxygen atoms in total. The highest BCUT2D eigenvalue weighted by atomic mass is 16.5. The SMILES string of the molecule is Cn1cc([C@]2(C)CN(Cc3ccc(N4CCCC4)nc3)CCO2)cn1. The van der Waals surface area contributed by atoms with Crippen molar-refractivity contribution in [3.8, 4) is 0 Å². The lowest BCUT2D eigenvalue weighted by Crippen LogP contribution is -2.47. The summed E-state index contributed by atoms with van der Waals surface area (Å²) in [5, 5.41) is 4.30. The lowest BCUT2D eigenvalue weighted by molar-refractivity contribution is -0.105. The summed E-state index contributed by atoms with van der Waals surface area (Å²) in [4.78, 5) is 9.50. The van der Waals surface area contributed by atoms with Crippen LogP contribution in [0.2, 0.25) is 0 Å². The van der Waals surface area contributed by atoms with E-state index in [0.717, 1.165) is 50.7 Å². The maximum Gasteiger partial charge on any atom is 0.128 e. The second-order valence-electron chi connectivity index (χ2n) is 7.41. The summed E-state index contributed by atoms with van der Waals surface area (Å²) < 4.78 is 7.94. The van der Waals surface area contributed by atoms with Gasteiger partial charge >= 0.3 is 0 Å². The van der Waals surface area contributed by atoms with Gasteiger partial charge in [-0.1, -0.05) is 6.07 Å². The number of anilines is 1. The van der Waals surface area contributed by atoms with Crippen molar-refractivity contribution in [2.75, 3.05) is 37.7 Å². The minimum Gasteiger partial charge on any atom is -0.368 e. The van der Waals surface area contributed by atoms with Gasteiger partial charge in [0, 0.05) is 57.7 Å². The molecule has 0 saturated carbocycles. The maximum atomic E-state index is 6.10. The lowest BCUT2D eigenvalue weighted by Gasteiger charge is -2.40. The van der Waals surface area contributed by atoms with Gasteiger partial charge in [-0.15, -0.1) is 0 Å². The van der Waals surface area contributed by atoms with Crippen LogP contribution in [0.15, 0.2) is 30.7 Å². The Hall–Kier alpha value is -1.92. The summed E-state index contributed by atoms with van der Waals surface area (Å²) in [5.74, 6) is 1.11. The number of aromatic nitrogens is 3. The molecule has 6 heteroatoms. The van der Waals surface area contributed by atoms with Crippen molar-refractivity contribution < 1.29 is 4.74 Å². The summed E-state index contributed by atoms with van der Waals surface area (Å²) in [6.45, 7) is 7.90. The summed E-state index contributed by atoms with van der Waals surface area (Å²) in [5.41, 5.74) is 2.11. The molecule has 1 atom stereocenters. The molecule has 2 saturated heterocycles. The maximum absolute atomic E-state index is 6.10. The molecule has 4 rings (SSSR count). The molecule has 0 spiro atoms. The molecular weight excluding hydrogens is 314 g/mol. The molecule has 2 aromatic heterocycles. The number of rotatable bonds is 4. The van der Waals surface area contributed by atoms with Crippen LogP contribution >= 0.6 is 0 Å². The Kier molecular flexibility index (Phi) is 4.48. The van der Waals surface area contributed by atoms with Crippen LogP contribution in [0, 0.1) is 0 Å². The lowest BCUT2D eigenvalue weighted by atomic mass is 9.96. The molecule has 2 aromatic rings. The van der Waals surface area contributed by atoms with Crippen molar-refractivity contribution >= 4 is 5.82 Å². The summed E-state index contributed by atoms with van der Waals surface area (Å²) >= 11 is 0. The van der Waals surface area contributed by atoms with Crippen LogP contribution in [0.25, 0.3) is 0 Å². The van der Waals surface area contributed by atoms with Gasteiger partial charge < -0.3 is 9.64 Å². The summed E-state index contributed by atoms with van der Waals surface area (Å²) in [6, 6.07) is 4.39. The van der Waals surface area contributed by atoms with Crippen LogP contribution in [-0.2, 0) is 23.9 Å². The first-order chi connectivity index (χ1) is 12.1. The molecule has 0 aromatic carbocycles. The van der Waals surface area contributed by atoms with E-state index in [1.165, 1.54) is 18.4 Å². The summed E-state index contributed by atoms with van der Waals surface area (Å²) in [6.07, 6.45) is 8.56. The Morgan fingerprint density at radius 2 is 2.00 bits per heavy atom. The molecule has 134 valence electrons. The highest BCUT2D eigenvalue weighted by molar-refractivity contribution is 5.40. The van der Waals surface area contributed by atoms with E-state index < -0.39 is 0 Å². The van der Waals surface area contributed by atoms with Crippen LogP contribution in [0.4, 0.5) is 5.82 Å². The van der Waals surface area contributed by atoms with Gasteiger partial charge in [0.05, 0.1) is 12.8 Å². The van der Waals surface area contributed by atoms with Crippen LogP contribution in [-0.4, -0.2) is 52.5 Å². The highest BCUT2D eigenvalue weighted by Crippen LogP contribution is 2.29. The molecule has 0 amide bonds. The van der Waals surface area contributed by atoms with Crippen LogP contribution in [0.1, 0.15) is 30.9 Å². The summed E-state index contributed by atoms with van der Waals surface area (Å²) in [7, 11) is 1.95. The molecule has 25 heavy (non-hydrogen) atoms. The van der Waals surface area contributed by atoms with Crippen LogP contribution in [0.3, 0.4) is 0 Å². The Balaban J connectivity index is 1.42. The van der Waals surface area contributed by atoms with Gasteiger partial charge in [0.1, 0.15) is 11.4 Å². The van der Waals surface area contributed by atoms with Gasteiger partial charge in [-0.05, 0) is 31.4 Å². The molecule has 0 bridgehead atoms. The predicted octanol–water partition coefficient (Wildman–Crippen LogP) is 2.16. The third-order valence-electron chi connectivity index (χ3n) is 5.31. The molecule has 0 N–H and O–H groups in total. The van der Waals surface area contributed by atoms with Crippen molar-refractivity contribution in [3.63, 3.8) is 0 Å². The largest absolute Gasteiger partial charge is 0.368 e. The molecule has 0 radical (unpaired) electrons. The number of aryl methyl sites for hydroxylation is 1. The van der Waals surface area contributed by atoms with Crippen molar-refractivity contribution in [2.45, 2.75) is 31.9 Å². The zero-order valence-corrected chi connectivity index (χ0v) is 15.2. The van der Waals surface area contributed by atoms with Gasteiger partial charge in [0.2, 0.25) is 0 Å². The molecular formula is C19H27N5O. The first kappa shape index (κ1) is 16.5. The van der Waals surface area contributed by atoms with Gasteiger partial charge in [-0.3, -0.25) is 9.58 Å². The highest BCUT2D eigenvalue weighted by Gasteiger charge is 2.34. The number of hydrogen-bond acceptors (Lipinski definition) is 5. The quantitative estimate of drug-likeness (QED) is 0.853. The van der Waals surface area contributed by atoms with E-state index in [1.807, 2.05) is 24.1 Å². The van der Waals surface area contributed by atoms with E-state index >= 15 is 0 Å². The Morgan fingerprint density at radius 3 is 2.68 bits per heavy atom. The first-order valence-electron chi connectivity index (χ1n) is 9.18. The molecule has 4 heterocycles. The average molecular weight is 341 g/mol. The Bertz CT molecular complexity index is 707. The van der Waals surface area contributed by atoms with E-state index in [0.29, 0.717) is 0 Å². The fourth-order valence-corrected chi connectivity index (χ4v) is 3.86. The molecule has 2 aliphatic heterocycles. The number of hydrogen-bond donors (Lipinski definition) is 0. The third-order valence-corrected chi connectivity index (χ3v) is 5.31.